The van der Waals surface area contributed by atoms with E-state index in [-0.39, 0.29) is 24.0 Å². The first-order valence-corrected chi connectivity index (χ1v) is 10.5. The molecule has 7 nitrogen and oxygen atoms in total. The molecule has 6 rings (SSSR count). The molecule has 1 fully saturated rings. The quantitative estimate of drug-likeness (QED) is 0.575. The number of piperidine rings is 1. The van der Waals surface area contributed by atoms with Gasteiger partial charge in [-0.05, 0) is 31.4 Å². The normalized spacial score (nSPS) is 27.6. The molecule has 30 heavy (non-hydrogen) atoms. The van der Waals surface area contributed by atoms with Crippen LogP contribution in [0.2, 0.25) is 0 Å². The first-order chi connectivity index (χ1) is 14.6. The zero-order valence-electron chi connectivity index (χ0n) is 16.9. The second-order valence-corrected chi connectivity index (χ2v) is 8.31. The topological polar surface area (TPSA) is 94.2 Å². The number of hydrogen-bond donors (Lipinski definition) is 3. The molecule has 0 aliphatic carbocycles. The van der Waals surface area contributed by atoms with Gasteiger partial charge in [0.05, 0.1) is 30.3 Å². The molecule has 156 valence electrons. The van der Waals surface area contributed by atoms with Crippen molar-refractivity contribution in [3.05, 3.63) is 66.1 Å². The zero-order chi connectivity index (χ0) is 20.7. The van der Waals surface area contributed by atoms with E-state index in [4.69, 9.17) is 4.74 Å². The van der Waals surface area contributed by atoms with Crippen molar-refractivity contribution in [1.29, 1.82) is 0 Å². The van der Waals surface area contributed by atoms with E-state index in [9.17, 15) is 9.90 Å². The smallest absolute Gasteiger partial charge is 0.334 e. The van der Waals surface area contributed by atoms with E-state index < -0.39 is 5.97 Å². The highest BCUT2D eigenvalue weighted by molar-refractivity contribution is 5.87. The minimum absolute atomic E-state index is 0.0554. The summed E-state index contributed by atoms with van der Waals surface area (Å²) < 4.78 is 5.64. The second kappa shape index (κ2) is 7.65. The average Bonchev–Trinajstić information content (AvgIpc) is 3.44. The number of H-pyrrole nitrogens is 2. The van der Waals surface area contributed by atoms with Gasteiger partial charge in [-0.15, -0.1) is 0 Å². The number of carboxylic acid groups (broad SMARTS) is 1. The number of carbonyl (C=O) groups is 1. The maximum atomic E-state index is 11.7. The molecule has 3 aliphatic heterocycles. The fraction of sp³-hybridized carbons (Fsp3) is 0.391. The Labute approximate surface area is 174 Å². The Morgan fingerprint density at radius 1 is 1.33 bits per heavy atom. The van der Waals surface area contributed by atoms with Crippen molar-refractivity contribution in [2.45, 2.75) is 31.9 Å². The minimum atomic E-state index is -0.844. The van der Waals surface area contributed by atoms with Crippen LogP contribution in [0.15, 0.2) is 54.8 Å². The van der Waals surface area contributed by atoms with Crippen LogP contribution in [0.4, 0.5) is 0 Å². The number of imidazole rings is 1. The van der Waals surface area contributed by atoms with E-state index in [0.29, 0.717) is 5.57 Å². The third-order valence-corrected chi connectivity index (χ3v) is 6.77. The molecule has 0 spiro atoms. The summed E-state index contributed by atoms with van der Waals surface area (Å²) in [5.74, 6) is -0.541. The van der Waals surface area contributed by atoms with Crippen molar-refractivity contribution in [1.82, 2.24) is 19.9 Å². The monoisotopic (exact) mass is 406 g/mol. The summed E-state index contributed by atoms with van der Waals surface area (Å²) in [4.78, 5) is 24.3. The maximum Gasteiger partial charge on any atom is 0.334 e. The van der Waals surface area contributed by atoms with Crippen molar-refractivity contribution in [2.75, 3.05) is 13.1 Å². The third-order valence-electron chi connectivity index (χ3n) is 6.77. The first kappa shape index (κ1) is 18.9. The average molecular weight is 406 g/mol. The van der Waals surface area contributed by atoms with Crippen LogP contribution in [-0.4, -0.2) is 50.1 Å². The van der Waals surface area contributed by atoms with Gasteiger partial charge in [0.15, 0.2) is 0 Å². The molecular weight excluding hydrogens is 380 g/mol. The summed E-state index contributed by atoms with van der Waals surface area (Å²) >= 11 is 0. The number of nitrogens with one attached hydrogen (secondary N) is 2. The Morgan fingerprint density at radius 2 is 2.20 bits per heavy atom. The minimum Gasteiger partial charge on any atom is -0.497 e. The molecular formula is C23H26N4O3. The predicted octanol–water partition coefficient (Wildman–Crippen LogP) is 3.50. The maximum absolute atomic E-state index is 11.7. The van der Waals surface area contributed by atoms with Crippen LogP contribution < -0.4 is 0 Å². The van der Waals surface area contributed by atoms with Crippen molar-refractivity contribution in [3.63, 3.8) is 0 Å². The summed E-state index contributed by atoms with van der Waals surface area (Å²) in [7, 11) is 0. The number of ether oxygens (including phenoxy) is 1. The van der Waals surface area contributed by atoms with Crippen molar-refractivity contribution in [2.24, 2.45) is 11.8 Å². The van der Waals surface area contributed by atoms with Gasteiger partial charge in [0.25, 0.3) is 0 Å². The van der Waals surface area contributed by atoms with Crippen LogP contribution in [0.3, 0.4) is 0 Å². The summed E-state index contributed by atoms with van der Waals surface area (Å²) in [6.45, 7) is 3.99. The molecule has 1 aromatic carbocycles. The largest absolute Gasteiger partial charge is 0.497 e. The molecule has 7 heteroatoms. The molecule has 5 heterocycles. The molecule has 3 N–H and O–H groups in total. The Balaban J connectivity index is 0.000000340. The number of nitrogens with zero attached hydrogens (tertiary/aromatic N) is 2. The van der Waals surface area contributed by atoms with Crippen LogP contribution in [0.1, 0.15) is 30.6 Å². The van der Waals surface area contributed by atoms with Crippen LogP contribution in [-0.2, 0) is 16.0 Å². The second-order valence-electron chi connectivity index (χ2n) is 8.31. The fourth-order valence-corrected chi connectivity index (χ4v) is 5.29. The highest BCUT2D eigenvalue weighted by Crippen LogP contribution is 2.47. The molecule has 0 amide bonds. The van der Waals surface area contributed by atoms with Crippen molar-refractivity contribution in [3.8, 4) is 0 Å². The predicted molar refractivity (Wildman–Crippen MR) is 113 cm³/mol. The lowest BCUT2D eigenvalue weighted by Gasteiger charge is -2.49. The molecule has 0 radical (unpaired) electrons. The number of hydrogen-bond acceptors (Lipinski definition) is 4. The van der Waals surface area contributed by atoms with Crippen LogP contribution in [0.5, 0.6) is 0 Å². The van der Waals surface area contributed by atoms with Gasteiger partial charge in [-0.3, -0.25) is 4.90 Å². The third kappa shape index (κ3) is 3.19. The van der Waals surface area contributed by atoms with Gasteiger partial charge in [-0.1, -0.05) is 18.2 Å². The lowest BCUT2D eigenvalue weighted by atomic mass is 9.72. The fourth-order valence-electron chi connectivity index (χ4n) is 5.29. The zero-order valence-corrected chi connectivity index (χ0v) is 16.9. The highest BCUT2D eigenvalue weighted by Gasteiger charge is 2.46. The Bertz CT molecular complexity index is 1050. The van der Waals surface area contributed by atoms with E-state index in [1.54, 1.807) is 18.7 Å². The van der Waals surface area contributed by atoms with E-state index in [0.717, 1.165) is 25.9 Å². The van der Waals surface area contributed by atoms with Crippen molar-refractivity contribution < 1.29 is 14.6 Å². The van der Waals surface area contributed by atoms with E-state index in [1.807, 2.05) is 0 Å². The number of para-hydroxylation sites is 1. The lowest BCUT2D eigenvalue weighted by Crippen LogP contribution is -2.51. The molecule has 0 bridgehead atoms. The van der Waals surface area contributed by atoms with E-state index in [1.165, 1.54) is 28.4 Å². The molecule has 4 atom stereocenters. The standard InChI is InChI=1S/C20H22N2O3.C3H4N2/c1-11-15-9-22-7-6-13-12-4-2-3-5-17(12)21-19(13)18(22)8-14(15)16(10-25-11)20(23)24;1-2-5-3-4-1/h2-5,10-11,14-15,18,21H,6-9H2,1H3,(H,23,24);1-3H,(H,4,5)/t11-,14-,15-,18-;/m0./s1. The van der Waals surface area contributed by atoms with Gasteiger partial charge in [0, 0.05) is 53.9 Å². The molecule has 3 aliphatic rings. The number of fused-ring (bicyclic) bond motifs is 6. The Hall–Kier alpha value is -3.06. The summed E-state index contributed by atoms with van der Waals surface area (Å²) in [6, 6.07) is 8.73. The number of aliphatic carboxylic acids is 1. The van der Waals surface area contributed by atoms with Gasteiger partial charge in [0.2, 0.25) is 0 Å². The van der Waals surface area contributed by atoms with Gasteiger partial charge >= 0.3 is 5.97 Å². The number of rotatable bonds is 1. The van der Waals surface area contributed by atoms with E-state index in [2.05, 4.69) is 51.0 Å². The molecule has 3 aromatic rings. The number of aromatic nitrogens is 3. The summed E-state index contributed by atoms with van der Waals surface area (Å²) in [5, 5.41) is 10.9. The van der Waals surface area contributed by atoms with Gasteiger partial charge < -0.3 is 19.8 Å². The molecule has 1 saturated heterocycles. The SMILES string of the molecule is C[C@@H]1OC=C(C(=O)O)[C@H]2C[C@H]3c4[nH]c5ccccc5c4CCN3C[C@@H]12.c1c[nH]cn1. The van der Waals surface area contributed by atoms with E-state index >= 15 is 0 Å². The van der Waals surface area contributed by atoms with Crippen LogP contribution in [0, 0.1) is 11.8 Å². The van der Waals surface area contributed by atoms with Gasteiger partial charge in [0.1, 0.15) is 0 Å². The number of benzene rings is 1. The number of carboxylic acids is 1. The van der Waals surface area contributed by atoms with Crippen LogP contribution >= 0.6 is 0 Å². The first-order valence-electron chi connectivity index (χ1n) is 10.5. The molecule has 0 saturated carbocycles. The Kier molecular flexibility index (Phi) is 4.83. The lowest BCUT2D eigenvalue weighted by molar-refractivity contribution is -0.135. The Morgan fingerprint density at radius 3 is 2.93 bits per heavy atom. The van der Waals surface area contributed by atoms with Gasteiger partial charge in [-0.2, -0.15) is 0 Å². The highest BCUT2D eigenvalue weighted by atomic mass is 16.5. The number of aromatic amines is 2. The molecule has 0 unspecified atom stereocenters. The van der Waals surface area contributed by atoms with Gasteiger partial charge in [-0.25, -0.2) is 9.78 Å². The molecule has 2 aromatic heterocycles. The summed E-state index contributed by atoms with van der Waals surface area (Å²) in [5.41, 5.74) is 4.32. The summed E-state index contributed by atoms with van der Waals surface area (Å²) in [6.07, 6.45) is 8.53. The van der Waals surface area contributed by atoms with Crippen molar-refractivity contribution >= 4 is 16.9 Å². The van der Waals surface area contributed by atoms with Crippen LogP contribution in [0.25, 0.3) is 10.9 Å².